The minimum absolute atomic E-state index is 0. The van der Waals surface area contributed by atoms with Gasteiger partial charge in [-0.2, -0.15) is 0 Å². The zero-order valence-electron chi connectivity index (χ0n) is 29.6. The molecule has 0 aliphatic heterocycles. The average molecular weight is 738 g/mol. The fraction of sp³-hybridized carbons (Fsp3) is 0.318. The first-order chi connectivity index (χ1) is 21.1. The molecule has 0 saturated heterocycles. The molecule has 0 N–H and O–H groups in total. The second-order valence-electron chi connectivity index (χ2n) is 16.1. The predicted octanol–water partition coefficient (Wildman–Crippen LogP) is 4.23. The Hall–Kier alpha value is -2.44. The maximum Gasteiger partial charge on any atom is -1.00 e. The van der Waals surface area contributed by atoms with Crippen molar-refractivity contribution in [1.82, 2.24) is 0 Å². The molecule has 0 bridgehead atoms. The summed E-state index contributed by atoms with van der Waals surface area (Å²) >= 11 is 1.47. The first-order valence-electron chi connectivity index (χ1n) is 16.5. The van der Waals surface area contributed by atoms with Gasteiger partial charge in [0, 0.05) is 0 Å². The topological polar surface area (TPSA) is 0 Å². The van der Waals surface area contributed by atoms with Crippen molar-refractivity contribution in [3.8, 4) is 11.1 Å². The summed E-state index contributed by atoms with van der Waals surface area (Å²) in [4.78, 5) is 0. The summed E-state index contributed by atoms with van der Waals surface area (Å²) in [5.41, 5.74) is 15.3. The van der Waals surface area contributed by atoms with E-state index in [2.05, 4.69) is 166 Å². The molecule has 6 rings (SSSR count). The van der Waals surface area contributed by atoms with Crippen LogP contribution in [-0.2, 0) is 35.5 Å². The molecule has 47 heavy (non-hydrogen) atoms. The van der Waals surface area contributed by atoms with Gasteiger partial charge in [0.25, 0.3) is 0 Å². The number of hydrogen-bond donors (Lipinski definition) is 0. The maximum atomic E-state index is 2.56. The van der Waals surface area contributed by atoms with Crippen molar-refractivity contribution in [2.45, 2.75) is 80.1 Å². The molecule has 0 aromatic heterocycles. The van der Waals surface area contributed by atoms with Crippen molar-refractivity contribution in [1.29, 1.82) is 0 Å². The van der Waals surface area contributed by atoms with E-state index in [0.29, 0.717) is 5.92 Å². The molecule has 2 aliphatic rings. The van der Waals surface area contributed by atoms with Crippen LogP contribution >= 0.6 is 0 Å². The van der Waals surface area contributed by atoms with Crippen LogP contribution in [0.2, 0.25) is 0 Å². The fourth-order valence-corrected chi connectivity index (χ4v) is 8.31. The van der Waals surface area contributed by atoms with Gasteiger partial charge in [-0.25, -0.2) is 0 Å². The predicted molar refractivity (Wildman–Crippen MR) is 190 cm³/mol. The Bertz CT molecular complexity index is 1950. The van der Waals surface area contributed by atoms with Crippen molar-refractivity contribution in [3.63, 3.8) is 0 Å². The van der Waals surface area contributed by atoms with Crippen LogP contribution in [0.5, 0.6) is 0 Å². The molecule has 3 heteroatoms. The van der Waals surface area contributed by atoms with Gasteiger partial charge in [-0.3, -0.25) is 0 Å². The zero-order valence-corrected chi connectivity index (χ0v) is 33.5. The van der Waals surface area contributed by atoms with E-state index in [1.165, 1.54) is 99.7 Å². The van der Waals surface area contributed by atoms with E-state index in [1.807, 2.05) is 0 Å². The van der Waals surface area contributed by atoms with E-state index < -0.39 is 0 Å². The Morgan fingerprint density at radius 3 is 1.64 bits per heavy atom. The summed E-state index contributed by atoms with van der Waals surface area (Å²) in [7, 11) is 0. The van der Waals surface area contributed by atoms with Crippen molar-refractivity contribution in [3.05, 3.63) is 146 Å². The van der Waals surface area contributed by atoms with Crippen molar-refractivity contribution in [2.24, 2.45) is 11.3 Å². The quantitative estimate of drug-likeness (QED) is 0.296. The number of rotatable bonds is 3. The van der Waals surface area contributed by atoms with Crippen LogP contribution in [0, 0.1) is 11.3 Å². The molecule has 0 fully saturated rings. The third kappa shape index (κ3) is 6.88. The van der Waals surface area contributed by atoms with E-state index in [9.17, 15) is 0 Å². The van der Waals surface area contributed by atoms with Crippen LogP contribution in [0.15, 0.2) is 103 Å². The minimum atomic E-state index is -0.0960. The van der Waals surface area contributed by atoms with Gasteiger partial charge in [0.2, 0.25) is 0 Å². The monoisotopic (exact) mass is 735 g/mol. The molecule has 1 unspecified atom stereocenters. The summed E-state index contributed by atoms with van der Waals surface area (Å²) < 4.78 is 1.49. The molecule has 0 heterocycles. The largest absolute Gasteiger partial charge is 1.00 e. The Morgan fingerprint density at radius 2 is 1.17 bits per heavy atom. The number of fused-ring (bicyclic) bond motifs is 3. The third-order valence-electron chi connectivity index (χ3n) is 9.55. The first kappa shape index (κ1) is 37.4. The Kier molecular flexibility index (Phi) is 10.7. The van der Waals surface area contributed by atoms with Crippen LogP contribution in [0.3, 0.4) is 0 Å². The molecule has 241 valence electrons. The van der Waals surface area contributed by atoms with Gasteiger partial charge in [-0.05, 0) is 0 Å². The second-order valence-corrected chi connectivity index (χ2v) is 17.3. The van der Waals surface area contributed by atoms with Crippen LogP contribution < -0.4 is 35.3 Å². The van der Waals surface area contributed by atoms with Crippen LogP contribution in [-0.4, -0.2) is 0 Å². The average Bonchev–Trinajstić information content (AvgIpc) is 3.50. The van der Waals surface area contributed by atoms with E-state index in [0.717, 1.165) is 0 Å². The number of allylic oxidation sites excluding steroid dienone is 4. The molecular formula is C44H47Cl2Zr. The van der Waals surface area contributed by atoms with Gasteiger partial charge in [0.15, 0.2) is 0 Å². The number of hydrogen-bond acceptors (Lipinski definition) is 0. The summed E-state index contributed by atoms with van der Waals surface area (Å²) in [6.07, 6.45) is 5.05. The smallest absolute Gasteiger partial charge is 1.00 e. The molecule has 0 spiro atoms. The van der Waals surface area contributed by atoms with E-state index >= 15 is 0 Å². The standard InChI is InChI=1S/C44H47.2ClH.Zr/c1-28-23-33(43(5,6)7)26-35(28)40-37-25-31-24-32(42(2,3)4)21-22-34(31)36(37)27-38(41(40)44(8,9)10)39(29-17-13-11-14-18-29)30-19-15-12-16-20-30;;;/h11-24,26-28H,1-10H3;2*1H;/q;;;+2/p-2. The van der Waals surface area contributed by atoms with Crippen molar-refractivity contribution >= 4 is 14.4 Å². The van der Waals surface area contributed by atoms with Crippen LogP contribution in [0.4, 0.5) is 0 Å². The normalized spacial score (nSPS) is 15.7. The molecule has 2 aliphatic carbocycles. The summed E-state index contributed by atoms with van der Waals surface area (Å²) in [5, 5.41) is 2.81. The summed E-state index contributed by atoms with van der Waals surface area (Å²) in [5.74, 6) is 0.342. The van der Waals surface area contributed by atoms with E-state index in [1.54, 1.807) is 0 Å². The maximum absolute atomic E-state index is 2.56. The van der Waals surface area contributed by atoms with E-state index in [4.69, 9.17) is 0 Å². The molecule has 1 atom stereocenters. The van der Waals surface area contributed by atoms with E-state index in [-0.39, 0.29) is 41.1 Å². The third-order valence-corrected chi connectivity index (χ3v) is 10.8. The zero-order chi connectivity index (χ0) is 32.5. The van der Waals surface area contributed by atoms with Gasteiger partial charge in [0.05, 0.1) is 0 Å². The number of halogens is 2. The van der Waals surface area contributed by atoms with Crippen LogP contribution in [0.25, 0.3) is 25.6 Å². The Balaban J connectivity index is 0.00000250. The molecule has 0 amide bonds. The number of benzene rings is 4. The van der Waals surface area contributed by atoms with Gasteiger partial charge < -0.3 is 24.8 Å². The molecule has 0 saturated carbocycles. The Labute approximate surface area is 310 Å². The van der Waals surface area contributed by atoms with Gasteiger partial charge >= 0.3 is 288 Å². The van der Waals surface area contributed by atoms with Gasteiger partial charge in [-0.15, -0.1) is 0 Å². The Morgan fingerprint density at radius 1 is 0.617 bits per heavy atom. The molecule has 0 nitrogen and oxygen atoms in total. The van der Waals surface area contributed by atoms with Crippen molar-refractivity contribution in [2.75, 3.05) is 0 Å². The van der Waals surface area contributed by atoms with Gasteiger partial charge in [-0.1, -0.05) is 0 Å². The molecule has 0 radical (unpaired) electrons. The summed E-state index contributed by atoms with van der Waals surface area (Å²) in [6.45, 7) is 23.7. The minimum Gasteiger partial charge on any atom is -1.00 e. The fourth-order valence-electron chi connectivity index (χ4n) is 7.17. The summed E-state index contributed by atoms with van der Waals surface area (Å²) in [6, 6.07) is 31.9. The first-order valence-corrected chi connectivity index (χ1v) is 17.7. The van der Waals surface area contributed by atoms with Crippen LogP contribution in [0.1, 0.15) is 103 Å². The second kappa shape index (κ2) is 13.5. The molecular weight excluding hydrogens is 691 g/mol. The van der Waals surface area contributed by atoms with Gasteiger partial charge in [0.1, 0.15) is 0 Å². The molecule has 4 aromatic rings. The SMILES string of the molecule is CC1C=C(C(C)(C)C)C=C1c1c(C(C)(C)C)c(=C(c2ccccc2)c2ccccc2)cc2c1=[C]([Zr+2])c1cc(C(C)(C)C)ccc1-2.[Cl-].[Cl-]. The van der Waals surface area contributed by atoms with Crippen molar-refractivity contribution < 1.29 is 49.5 Å². The molecule has 4 aromatic carbocycles.